The van der Waals surface area contributed by atoms with Crippen LogP contribution < -0.4 is 10.6 Å². The minimum Gasteiger partial charge on any atom is -0.366 e. The summed E-state index contributed by atoms with van der Waals surface area (Å²) in [5, 5.41) is 11.7. The Morgan fingerprint density at radius 3 is 3.09 bits per heavy atom. The highest BCUT2D eigenvalue weighted by molar-refractivity contribution is 5.65. The van der Waals surface area contributed by atoms with Crippen LogP contribution in [0.5, 0.6) is 0 Å². The topological polar surface area (TPSA) is 67.1 Å². The Balaban J connectivity index is 1.78. The van der Waals surface area contributed by atoms with Crippen LogP contribution in [0.1, 0.15) is 19.0 Å². The summed E-state index contributed by atoms with van der Waals surface area (Å²) >= 11 is 0. The average Bonchev–Trinajstić information content (AvgIpc) is 3.24. The number of aryl methyl sites for hydroxylation is 1. The van der Waals surface area contributed by atoms with Crippen molar-refractivity contribution in [3.63, 3.8) is 0 Å². The molecule has 0 radical (unpaired) electrons. The fourth-order valence-electron chi connectivity index (χ4n) is 2.95. The number of nitrogens with zero attached hydrogens (tertiary/aromatic N) is 4. The summed E-state index contributed by atoms with van der Waals surface area (Å²) in [5.74, 6) is 1.01. The van der Waals surface area contributed by atoms with Gasteiger partial charge in [0.2, 0.25) is 0 Å². The van der Waals surface area contributed by atoms with Gasteiger partial charge >= 0.3 is 0 Å². The third-order valence-electron chi connectivity index (χ3n) is 4.21. The van der Waals surface area contributed by atoms with E-state index in [1.54, 1.807) is 6.20 Å². The van der Waals surface area contributed by atoms with E-state index >= 15 is 0 Å². The van der Waals surface area contributed by atoms with Crippen LogP contribution in [0, 0.1) is 0 Å². The Labute approximate surface area is 135 Å². The fourth-order valence-corrected chi connectivity index (χ4v) is 2.95. The molecule has 0 aromatic carbocycles. The van der Waals surface area contributed by atoms with Gasteiger partial charge in [0.05, 0.1) is 5.69 Å². The first-order chi connectivity index (χ1) is 11.3. The van der Waals surface area contributed by atoms with Gasteiger partial charge in [-0.05, 0) is 31.5 Å². The van der Waals surface area contributed by atoms with Crippen molar-refractivity contribution in [1.29, 1.82) is 0 Å². The van der Waals surface area contributed by atoms with E-state index in [9.17, 15) is 0 Å². The number of pyridine rings is 1. The monoisotopic (exact) mass is 308 g/mol. The van der Waals surface area contributed by atoms with Crippen molar-refractivity contribution >= 4 is 11.5 Å². The van der Waals surface area contributed by atoms with Gasteiger partial charge in [0.15, 0.2) is 5.65 Å². The molecule has 3 aromatic heterocycles. The van der Waals surface area contributed by atoms with E-state index in [0.29, 0.717) is 6.04 Å². The van der Waals surface area contributed by atoms with Crippen LogP contribution in [-0.2, 0) is 6.42 Å². The van der Waals surface area contributed by atoms with Gasteiger partial charge in [-0.2, -0.15) is 9.61 Å². The molecule has 3 aromatic rings. The third-order valence-corrected chi connectivity index (χ3v) is 4.21. The van der Waals surface area contributed by atoms with E-state index in [-0.39, 0.29) is 0 Å². The quantitative estimate of drug-likeness (QED) is 0.773. The predicted molar refractivity (Wildman–Crippen MR) is 90.5 cm³/mol. The van der Waals surface area contributed by atoms with Gasteiger partial charge in [-0.3, -0.25) is 4.98 Å². The molecular formula is C17H20N6. The van der Waals surface area contributed by atoms with Crippen molar-refractivity contribution in [2.75, 3.05) is 18.4 Å². The molecule has 2 N–H and O–H groups in total. The Bertz CT molecular complexity index is 805. The molecule has 4 heterocycles. The molecule has 1 unspecified atom stereocenters. The molecule has 1 aliphatic heterocycles. The third kappa shape index (κ3) is 2.77. The lowest BCUT2D eigenvalue weighted by Crippen LogP contribution is -2.23. The van der Waals surface area contributed by atoms with E-state index in [1.807, 2.05) is 28.9 Å². The molecule has 6 heteroatoms. The van der Waals surface area contributed by atoms with Crippen molar-refractivity contribution < 1.29 is 0 Å². The van der Waals surface area contributed by atoms with Gasteiger partial charge in [0.25, 0.3) is 0 Å². The van der Waals surface area contributed by atoms with Crippen molar-refractivity contribution in [3.05, 3.63) is 42.4 Å². The van der Waals surface area contributed by atoms with Crippen molar-refractivity contribution in [1.82, 2.24) is 24.9 Å². The Hall–Kier alpha value is -2.47. The van der Waals surface area contributed by atoms with E-state index in [1.165, 1.54) is 0 Å². The molecule has 0 bridgehead atoms. The molecule has 1 saturated heterocycles. The van der Waals surface area contributed by atoms with E-state index in [4.69, 9.17) is 10.1 Å². The van der Waals surface area contributed by atoms with Crippen molar-refractivity contribution in [3.8, 4) is 11.3 Å². The largest absolute Gasteiger partial charge is 0.366 e. The van der Waals surface area contributed by atoms with E-state index in [0.717, 1.165) is 54.3 Å². The van der Waals surface area contributed by atoms with Gasteiger partial charge in [0.1, 0.15) is 5.82 Å². The number of aromatic nitrogens is 4. The van der Waals surface area contributed by atoms with Crippen LogP contribution in [-0.4, -0.2) is 38.7 Å². The lowest BCUT2D eigenvalue weighted by Gasteiger charge is -2.14. The summed E-state index contributed by atoms with van der Waals surface area (Å²) in [6.07, 6.45) is 5.63. The maximum Gasteiger partial charge on any atom is 0.158 e. The van der Waals surface area contributed by atoms with Crippen molar-refractivity contribution in [2.24, 2.45) is 0 Å². The summed E-state index contributed by atoms with van der Waals surface area (Å²) in [6.45, 7) is 4.17. The number of nitrogens with one attached hydrogen (secondary N) is 2. The zero-order valence-corrected chi connectivity index (χ0v) is 13.2. The van der Waals surface area contributed by atoms with Gasteiger partial charge in [-0.1, -0.05) is 6.92 Å². The predicted octanol–water partition coefficient (Wildman–Crippen LogP) is 2.13. The Kier molecular flexibility index (Phi) is 3.67. The minimum atomic E-state index is 0.441. The summed E-state index contributed by atoms with van der Waals surface area (Å²) in [7, 11) is 0. The standard InChI is InChI=1S/C17H20N6/c1-2-13-8-16(21-14-5-7-19-11-14)23-17(20-13)9-15(22-23)12-4-3-6-18-10-12/h3-4,6,8-10,14,19,21H,2,5,7,11H2,1H3. The maximum atomic E-state index is 4.73. The molecule has 0 spiro atoms. The highest BCUT2D eigenvalue weighted by Crippen LogP contribution is 2.22. The number of fused-ring (bicyclic) bond motifs is 1. The number of hydrogen-bond acceptors (Lipinski definition) is 5. The number of rotatable bonds is 4. The van der Waals surface area contributed by atoms with Crippen LogP contribution in [0.25, 0.3) is 16.9 Å². The lowest BCUT2D eigenvalue weighted by atomic mass is 10.2. The molecule has 4 rings (SSSR count). The molecular weight excluding hydrogens is 288 g/mol. The summed E-state index contributed by atoms with van der Waals surface area (Å²) in [4.78, 5) is 8.88. The second-order valence-electron chi connectivity index (χ2n) is 5.86. The first-order valence-corrected chi connectivity index (χ1v) is 8.11. The van der Waals surface area contributed by atoms with E-state index < -0.39 is 0 Å². The highest BCUT2D eigenvalue weighted by Gasteiger charge is 2.17. The molecule has 1 aliphatic rings. The fraction of sp³-hybridized carbons (Fsp3) is 0.353. The minimum absolute atomic E-state index is 0.441. The first-order valence-electron chi connectivity index (χ1n) is 8.11. The second kappa shape index (κ2) is 5.96. The van der Waals surface area contributed by atoms with Crippen LogP contribution >= 0.6 is 0 Å². The maximum absolute atomic E-state index is 4.73. The zero-order chi connectivity index (χ0) is 15.6. The summed E-state index contributed by atoms with van der Waals surface area (Å²) in [6, 6.07) is 8.51. The van der Waals surface area contributed by atoms with Gasteiger partial charge < -0.3 is 10.6 Å². The molecule has 0 saturated carbocycles. The number of anilines is 1. The smallest absolute Gasteiger partial charge is 0.158 e. The lowest BCUT2D eigenvalue weighted by molar-refractivity contribution is 0.773. The molecule has 6 nitrogen and oxygen atoms in total. The summed E-state index contributed by atoms with van der Waals surface area (Å²) in [5.41, 5.74) is 3.84. The summed E-state index contributed by atoms with van der Waals surface area (Å²) < 4.78 is 1.90. The zero-order valence-electron chi connectivity index (χ0n) is 13.2. The second-order valence-corrected chi connectivity index (χ2v) is 5.86. The van der Waals surface area contributed by atoms with Crippen LogP contribution in [0.15, 0.2) is 36.7 Å². The molecule has 118 valence electrons. The van der Waals surface area contributed by atoms with Crippen LogP contribution in [0.3, 0.4) is 0 Å². The van der Waals surface area contributed by atoms with Crippen LogP contribution in [0.2, 0.25) is 0 Å². The van der Waals surface area contributed by atoms with Gasteiger partial charge in [-0.25, -0.2) is 4.98 Å². The number of hydrogen-bond donors (Lipinski definition) is 2. The van der Waals surface area contributed by atoms with Gasteiger partial charge in [0, 0.05) is 48.4 Å². The molecule has 0 aliphatic carbocycles. The van der Waals surface area contributed by atoms with Crippen LogP contribution in [0.4, 0.5) is 5.82 Å². The molecule has 1 fully saturated rings. The van der Waals surface area contributed by atoms with Crippen molar-refractivity contribution in [2.45, 2.75) is 25.8 Å². The SMILES string of the molecule is CCc1cc(NC2CCNC2)n2nc(-c3cccnc3)cc2n1. The Morgan fingerprint density at radius 2 is 2.35 bits per heavy atom. The Morgan fingerprint density at radius 1 is 1.39 bits per heavy atom. The first kappa shape index (κ1) is 14.1. The molecule has 0 amide bonds. The average molecular weight is 308 g/mol. The molecule has 1 atom stereocenters. The molecule has 23 heavy (non-hydrogen) atoms. The van der Waals surface area contributed by atoms with Gasteiger partial charge in [-0.15, -0.1) is 0 Å². The normalized spacial score (nSPS) is 17.7. The van der Waals surface area contributed by atoms with E-state index in [2.05, 4.69) is 28.6 Å². The highest BCUT2D eigenvalue weighted by atomic mass is 15.3.